The molecule has 2 atom stereocenters. The van der Waals surface area contributed by atoms with E-state index in [0.717, 1.165) is 27.0 Å². The van der Waals surface area contributed by atoms with Gasteiger partial charge in [0.2, 0.25) is 0 Å². The number of likely N-dealkylation sites (tertiary alicyclic amines) is 1. The van der Waals surface area contributed by atoms with Gasteiger partial charge in [0.15, 0.2) is 0 Å². The molecule has 2 N–H and O–H groups in total. The van der Waals surface area contributed by atoms with Gasteiger partial charge < -0.3 is 14.7 Å². The highest BCUT2D eigenvalue weighted by Crippen LogP contribution is 2.35. The molecule has 150 valence electrons. The van der Waals surface area contributed by atoms with E-state index < -0.39 is 5.60 Å². The lowest BCUT2D eigenvalue weighted by Gasteiger charge is -2.27. The Morgan fingerprint density at radius 3 is 2.30 bits per heavy atom. The third-order valence-corrected chi connectivity index (χ3v) is 8.91. The Morgan fingerprint density at radius 1 is 1.22 bits per heavy atom. The molecule has 0 aromatic carbocycles. The van der Waals surface area contributed by atoms with E-state index in [4.69, 9.17) is 4.74 Å². The summed E-state index contributed by atoms with van der Waals surface area (Å²) < 4.78 is 9.61. The molecule has 2 aromatic rings. The minimum atomic E-state index is -0.473. The Kier molecular flexibility index (Phi) is 8.92. The molecule has 1 fully saturated rings. The fourth-order valence-electron chi connectivity index (χ4n) is 2.59. The molecule has 1 aliphatic rings. The highest BCUT2D eigenvalue weighted by atomic mass is 127. The number of aromatic nitrogens is 4. The quantitative estimate of drug-likeness (QED) is 0.370. The van der Waals surface area contributed by atoms with E-state index in [1.807, 2.05) is 20.8 Å². The Balaban J connectivity index is 0.000000313. The largest absolute Gasteiger partial charge is 0.444 e. The number of hydrogen-bond acceptors (Lipinski definition) is 4. The number of nitrogens with one attached hydrogen (secondary N) is 2. The number of carbonyl (C=O) groups excluding carboxylic acids is 1. The summed E-state index contributed by atoms with van der Waals surface area (Å²) in [4.78, 5) is 28.8. The third kappa shape index (κ3) is 7.11. The Labute approximate surface area is 213 Å². The van der Waals surface area contributed by atoms with Crippen LogP contribution in [0, 0.1) is 20.7 Å². The maximum atomic E-state index is 12.3. The first-order valence-corrected chi connectivity index (χ1v) is 12.5. The second kappa shape index (κ2) is 10.1. The van der Waals surface area contributed by atoms with Gasteiger partial charge in [-0.15, -0.1) is 0 Å². The number of nitrogens with zero attached hydrogens (tertiary/aromatic N) is 3. The standard InChI is InChI=1S/C13H19I2N3O2.C3H2I2N2/c1-7-5-8(11-16-9(14)10(15)17-11)18(6-7)12(19)20-13(2,3)4;4-2-3(5)7-1-6-2/h7-8H,5-6H2,1-4H3,(H,16,17);1H,(H,6,7)/t7-,8-;/m0./s1. The molecule has 7 nitrogen and oxygen atoms in total. The first kappa shape index (κ1) is 23.9. The van der Waals surface area contributed by atoms with Gasteiger partial charge in [-0.3, -0.25) is 4.90 Å². The van der Waals surface area contributed by atoms with E-state index in [0.29, 0.717) is 12.5 Å². The molecule has 0 unspecified atom stereocenters. The van der Waals surface area contributed by atoms with Crippen LogP contribution in [0.15, 0.2) is 6.33 Å². The molecule has 1 aliphatic heterocycles. The molecule has 11 heteroatoms. The summed E-state index contributed by atoms with van der Waals surface area (Å²) in [5.74, 6) is 1.31. The fourth-order valence-corrected chi connectivity index (χ4v) is 3.96. The van der Waals surface area contributed by atoms with Gasteiger partial charge >= 0.3 is 6.09 Å². The number of aromatic amines is 2. The molecule has 2 aromatic heterocycles. The summed E-state index contributed by atoms with van der Waals surface area (Å²) in [6, 6.07) is -0.0168. The normalized spacial score (nSPS) is 19.6. The van der Waals surface area contributed by atoms with E-state index in [1.54, 1.807) is 11.2 Å². The molecule has 3 heterocycles. The van der Waals surface area contributed by atoms with Gasteiger partial charge in [0, 0.05) is 6.54 Å². The molecular formula is C16H21I4N5O2. The number of carbonyl (C=O) groups is 1. The van der Waals surface area contributed by atoms with Gasteiger partial charge in [-0.1, -0.05) is 6.92 Å². The second-order valence-corrected chi connectivity index (χ2v) is 11.4. The lowest BCUT2D eigenvalue weighted by atomic mass is 10.1. The number of halogens is 4. The van der Waals surface area contributed by atoms with Crippen LogP contribution in [0.1, 0.15) is 46.0 Å². The van der Waals surface area contributed by atoms with Crippen molar-refractivity contribution < 1.29 is 9.53 Å². The average Bonchev–Trinajstić information content (AvgIpc) is 3.20. The molecule has 0 bridgehead atoms. The maximum Gasteiger partial charge on any atom is 0.410 e. The highest BCUT2D eigenvalue weighted by Gasteiger charge is 2.38. The number of amides is 1. The molecule has 0 aliphatic carbocycles. The number of imidazole rings is 2. The zero-order valence-electron chi connectivity index (χ0n) is 15.3. The van der Waals surface area contributed by atoms with Crippen molar-refractivity contribution in [2.24, 2.45) is 5.92 Å². The first-order valence-electron chi connectivity index (χ1n) is 8.22. The summed E-state index contributed by atoms with van der Waals surface area (Å²) in [6.45, 7) is 8.53. The van der Waals surface area contributed by atoms with Crippen molar-refractivity contribution in [1.29, 1.82) is 0 Å². The minimum Gasteiger partial charge on any atom is -0.444 e. The molecule has 1 saturated heterocycles. The van der Waals surface area contributed by atoms with Gasteiger partial charge in [-0.2, -0.15) is 0 Å². The van der Waals surface area contributed by atoms with Crippen LogP contribution in [0.2, 0.25) is 0 Å². The van der Waals surface area contributed by atoms with Crippen LogP contribution in [0.3, 0.4) is 0 Å². The highest BCUT2D eigenvalue weighted by molar-refractivity contribution is 14.1. The van der Waals surface area contributed by atoms with Crippen LogP contribution in [-0.4, -0.2) is 43.1 Å². The van der Waals surface area contributed by atoms with Crippen LogP contribution in [0.25, 0.3) is 0 Å². The van der Waals surface area contributed by atoms with Crippen molar-refractivity contribution in [3.05, 3.63) is 27.0 Å². The van der Waals surface area contributed by atoms with Crippen LogP contribution in [0.5, 0.6) is 0 Å². The van der Waals surface area contributed by atoms with Gasteiger partial charge in [-0.25, -0.2) is 14.8 Å². The van der Waals surface area contributed by atoms with Gasteiger partial charge in [0.25, 0.3) is 0 Å². The number of rotatable bonds is 1. The number of ether oxygens (including phenoxy) is 1. The van der Waals surface area contributed by atoms with E-state index in [1.165, 1.54) is 0 Å². The van der Waals surface area contributed by atoms with E-state index in [2.05, 4.69) is 117 Å². The van der Waals surface area contributed by atoms with Crippen molar-refractivity contribution >= 4 is 96.5 Å². The molecule has 1 amide bonds. The smallest absolute Gasteiger partial charge is 0.410 e. The van der Waals surface area contributed by atoms with Gasteiger partial charge in [0.1, 0.15) is 26.2 Å². The van der Waals surface area contributed by atoms with Crippen molar-refractivity contribution in [2.75, 3.05) is 6.54 Å². The molecule has 0 spiro atoms. The van der Waals surface area contributed by atoms with E-state index in [9.17, 15) is 4.79 Å². The monoisotopic (exact) mass is 823 g/mol. The van der Waals surface area contributed by atoms with Crippen LogP contribution >= 0.6 is 90.4 Å². The summed E-state index contributed by atoms with van der Waals surface area (Å²) in [5, 5.41) is 0. The second-order valence-electron chi connectivity index (χ2n) is 7.22. The lowest BCUT2D eigenvalue weighted by Crippen LogP contribution is -2.37. The Morgan fingerprint density at radius 2 is 1.89 bits per heavy atom. The van der Waals surface area contributed by atoms with Gasteiger partial charge in [-0.05, 0) is 123 Å². The van der Waals surface area contributed by atoms with Crippen molar-refractivity contribution in [3.63, 3.8) is 0 Å². The van der Waals surface area contributed by atoms with E-state index in [-0.39, 0.29) is 12.1 Å². The summed E-state index contributed by atoms with van der Waals surface area (Å²) in [5.41, 5.74) is -0.473. The van der Waals surface area contributed by atoms with Crippen molar-refractivity contribution in [3.8, 4) is 0 Å². The minimum absolute atomic E-state index is 0.0168. The molecule has 3 rings (SSSR count). The summed E-state index contributed by atoms with van der Waals surface area (Å²) in [7, 11) is 0. The maximum absolute atomic E-state index is 12.3. The number of H-pyrrole nitrogens is 2. The summed E-state index contributed by atoms with van der Waals surface area (Å²) in [6.07, 6.45) is 2.34. The fraction of sp³-hybridized carbons (Fsp3) is 0.562. The third-order valence-electron chi connectivity index (χ3n) is 3.64. The predicted octanol–water partition coefficient (Wildman–Crippen LogP) is 5.56. The van der Waals surface area contributed by atoms with E-state index >= 15 is 0 Å². The predicted molar refractivity (Wildman–Crippen MR) is 138 cm³/mol. The van der Waals surface area contributed by atoms with Crippen molar-refractivity contribution in [1.82, 2.24) is 24.8 Å². The Bertz CT molecular complexity index is 750. The molecule has 27 heavy (non-hydrogen) atoms. The lowest BCUT2D eigenvalue weighted by molar-refractivity contribution is 0.0214. The zero-order valence-corrected chi connectivity index (χ0v) is 23.9. The zero-order chi connectivity index (χ0) is 20.4. The van der Waals surface area contributed by atoms with Crippen LogP contribution < -0.4 is 0 Å². The SMILES string of the molecule is C[C@H]1C[C@@H](c2nc(I)c(I)[nH]2)N(C(=O)OC(C)(C)C)C1.Ic1nc[nH]c1I. The molecule has 0 radical (unpaired) electrons. The van der Waals surface area contributed by atoms with Gasteiger partial charge in [0.05, 0.1) is 12.4 Å². The molecular weight excluding hydrogens is 802 g/mol. The number of hydrogen-bond donors (Lipinski definition) is 2. The molecule has 0 saturated carbocycles. The average molecular weight is 823 g/mol. The van der Waals surface area contributed by atoms with Crippen molar-refractivity contribution in [2.45, 2.75) is 45.8 Å². The van der Waals surface area contributed by atoms with Crippen LogP contribution in [0.4, 0.5) is 4.79 Å². The first-order chi connectivity index (χ1) is 12.5. The topological polar surface area (TPSA) is 86.9 Å². The summed E-state index contributed by atoms with van der Waals surface area (Å²) >= 11 is 8.79. The Hall–Kier alpha value is 0.610. The van der Waals surface area contributed by atoms with Crippen LogP contribution in [-0.2, 0) is 4.74 Å².